The normalized spacial score (nSPS) is 21.5. The smallest absolute Gasteiger partial charge is 0.138 e. The van der Waals surface area contributed by atoms with Gasteiger partial charge in [0.05, 0.1) is 11.8 Å². The number of hydrogen-bond donors (Lipinski definition) is 2. The van der Waals surface area contributed by atoms with Crippen LogP contribution in [0.15, 0.2) is 42.5 Å². The van der Waals surface area contributed by atoms with E-state index in [-0.39, 0.29) is 6.04 Å². The fourth-order valence-corrected chi connectivity index (χ4v) is 4.69. The van der Waals surface area contributed by atoms with E-state index in [1.54, 1.807) is 6.07 Å². The van der Waals surface area contributed by atoms with Crippen LogP contribution in [0, 0.1) is 17.2 Å². The first-order valence-electron chi connectivity index (χ1n) is 10.1. The molecule has 0 aliphatic heterocycles. The molecule has 0 heterocycles. The quantitative estimate of drug-likeness (QED) is 0.629. The minimum absolute atomic E-state index is 0.182. The Morgan fingerprint density at radius 1 is 1.11 bits per heavy atom. The number of aromatic hydroxyl groups is 1. The number of phenolic OH excluding ortho intramolecular Hbond substituents is 1. The molecule has 0 aromatic heterocycles. The Kier molecular flexibility index (Phi) is 6.40. The maximum absolute atomic E-state index is 10.6. The van der Waals surface area contributed by atoms with Crippen LogP contribution in [0.4, 0.5) is 5.69 Å². The first-order chi connectivity index (χ1) is 13.1. The van der Waals surface area contributed by atoms with Crippen molar-refractivity contribution < 1.29 is 5.11 Å². The lowest BCUT2D eigenvalue weighted by atomic mass is 9.68. The zero-order valence-corrected chi connectivity index (χ0v) is 16.4. The molecular weight excluding hydrogens is 332 g/mol. The van der Waals surface area contributed by atoms with Crippen molar-refractivity contribution in [3.05, 3.63) is 59.2 Å². The summed E-state index contributed by atoms with van der Waals surface area (Å²) in [6.45, 7) is 3.57. The van der Waals surface area contributed by atoms with E-state index in [4.69, 9.17) is 5.26 Å². The SMILES string of the molecule is CC#N.CC(Nc1cc2c(cc1O)C1CCCCC1CC2)c1ccccc1. The molecule has 2 aromatic carbocycles. The first kappa shape index (κ1) is 19.3. The number of nitrogens with zero attached hydrogens (tertiary/aromatic N) is 1. The molecule has 2 aliphatic rings. The number of aryl methyl sites for hydroxylation is 1. The number of rotatable bonds is 3. The average molecular weight is 363 g/mol. The Hall–Kier alpha value is -2.47. The molecule has 0 saturated heterocycles. The van der Waals surface area contributed by atoms with Crippen LogP contribution in [0.3, 0.4) is 0 Å². The van der Waals surface area contributed by atoms with Crippen LogP contribution >= 0.6 is 0 Å². The van der Waals surface area contributed by atoms with Crippen LogP contribution in [0.1, 0.15) is 74.6 Å². The Bertz CT molecular complexity index is 794. The van der Waals surface area contributed by atoms with Crippen molar-refractivity contribution in [2.75, 3.05) is 5.32 Å². The fraction of sp³-hybridized carbons (Fsp3) is 0.458. The summed E-state index contributed by atoms with van der Waals surface area (Å²) >= 11 is 0. The molecule has 2 aromatic rings. The van der Waals surface area contributed by atoms with Crippen molar-refractivity contribution in [3.63, 3.8) is 0 Å². The zero-order valence-electron chi connectivity index (χ0n) is 16.4. The summed E-state index contributed by atoms with van der Waals surface area (Å²) in [6, 6.07) is 16.6. The molecule has 2 aliphatic carbocycles. The molecular formula is C24H30N2O. The van der Waals surface area contributed by atoms with Gasteiger partial charge in [-0.05, 0) is 73.3 Å². The Morgan fingerprint density at radius 3 is 2.56 bits per heavy atom. The highest BCUT2D eigenvalue weighted by Crippen LogP contribution is 2.47. The summed E-state index contributed by atoms with van der Waals surface area (Å²) in [5.74, 6) is 1.92. The van der Waals surface area contributed by atoms with Crippen LogP contribution in [-0.4, -0.2) is 5.11 Å². The van der Waals surface area contributed by atoms with Crippen LogP contribution in [-0.2, 0) is 6.42 Å². The van der Waals surface area contributed by atoms with E-state index in [9.17, 15) is 5.11 Å². The van der Waals surface area contributed by atoms with Gasteiger partial charge in [-0.1, -0.05) is 43.2 Å². The summed E-state index contributed by atoms with van der Waals surface area (Å²) < 4.78 is 0. The van der Waals surface area contributed by atoms with Gasteiger partial charge in [-0.25, -0.2) is 0 Å². The molecule has 142 valence electrons. The van der Waals surface area contributed by atoms with E-state index in [2.05, 4.69) is 48.6 Å². The van der Waals surface area contributed by atoms with E-state index >= 15 is 0 Å². The van der Waals surface area contributed by atoms with Crippen molar-refractivity contribution in [2.45, 2.75) is 64.3 Å². The minimum Gasteiger partial charge on any atom is -0.506 e. The largest absolute Gasteiger partial charge is 0.506 e. The van der Waals surface area contributed by atoms with Gasteiger partial charge in [-0.3, -0.25) is 0 Å². The van der Waals surface area contributed by atoms with Crippen molar-refractivity contribution >= 4 is 5.69 Å². The number of benzene rings is 2. The minimum atomic E-state index is 0.182. The highest BCUT2D eigenvalue weighted by molar-refractivity contribution is 5.61. The van der Waals surface area contributed by atoms with E-state index < -0.39 is 0 Å². The van der Waals surface area contributed by atoms with Crippen molar-refractivity contribution in [2.24, 2.45) is 5.92 Å². The van der Waals surface area contributed by atoms with Crippen molar-refractivity contribution in [3.8, 4) is 11.8 Å². The molecule has 2 N–H and O–H groups in total. The van der Waals surface area contributed by atoms with Gasteiger partial charge in [-0.15, -0.1) is 0 Å². The average Bonchev–Trinajstić information content (AvgIpc) is 2.70. The highest BCUT2D eigenvalue weighted by atomic mass is 16.3. The molecule has 3 nitrogen and oxygen atoms in total. The monoisotopic (exact) mass is 362 g/mol. The second kappa shape index (κ2) is 8.95. The molecule has 0 radical (unpaired) electrons. The number of fused-ring (bicyclic) bond motifs is 3. The molecule has 3 unspecified atom stereocenters. The third-order valence-corrected chi connectivity index (χ3v) is 6.02. The lowest BCUT2D eigenvalue weighted by Crippen LogP contribution is -2.24. The van der Waals surface area contributed by atoms with E-state index in [0.717, 1.165) is 18.0 Å². The van der Waals surface area contributed by atoms with E-state index in [1.807, 2.05) is 6.07 Å². The zero-order chi connectivity index (χ0) is 19.2. The van der Waals surface area contributed by atoms with Gasteiger partial charge in [0.15, 0.2) is 0 Å². The lowest BCUT2D eigenvalue weighted by Gasteiger charge is -2.37. The summed E-state index contributed by atoms with van der Waals surface area (Å²) in [5, 5.41) is 21.4. The summed E-state index contributed by atoms with van der Waals surface area (Å²) in [4.78, 5) is 0. The van der Waals surface area contributed by atoms with Gasteiger partial charge in [0.25, 0.3) is 0 Å². The molecule has 3 atom stereocenters. The highest BCUT2D eigenvalue weighted by Gasteiger charge is 2.32. The number of nitriles is 1. The van der Waals surface area contributed by atoms with E-state index in [1.165, 1.54) is 55.7 Å². The standard InChI is InChI=1S/C22H27NO.C2H3N/c1-15(16-7-3-2-4-8-16)23-21-13-18-12-11-17-9-5-6-10-19(17)20(18)14-22(21)24;1-2-3/h2-4,7-8,13-15,17,19,23-24H,5-6,9-12H2,1H3;1H3. The van der Waals surface area contributed by atoms with Gasteiger partial charge >= 0.3 is 0 Å². The number of nitrogens with one attached hydrogen (secondary N) is 1. The van der Waals surface area contributed by atoms with Crippen LogP contribution < -0.4 is 5.32 Å². The first-order valence-corrected chi connectivity index (χ1v) is 10.1. The Morgan fingerprint density at radius 2 is 1.81 bits per heavy atom. The molecule has 27 heavy (non-hydrogen) atoms. The van der Waals surface area contributed by atoms with Gasteiger partial charge in [0.1, 0.15) is 5.75 Å². The fourth-order valence-electron chi connectivity index (χ4n) is 4.69. The maximum atomic E-state index is 10.6. The second-order valence-corrected chi connectivity index (χ2v) is 7.76. The molecule has 0 bridgehead atoms. The third-order valence-electron chi connectivity index (χ3n) is 6.02. The Balaban J connectivity index is 0.000000659. The molecule has 4 rings (SSSR count). The van der Waals surface area contributed by atoms with Crippen LogP contribution in [0.5, 0.6) is 5.75 Å². The summed E-state index contributed by atoms with van der Waals surface area (Å²) in [6.07, 6.45) is 7.87. The van der Waals surface area contributed by atoms with Crippen molar-refractivity contribution in [1.82, 2.24) is 0 Å². The molecule has 1 fully saturated rings. The molecule has 1 saturated carbocycles. The molecule has 0 amide bonds. The van der Waals surface area contributed by atoms with Gasteiger partial charge in [0.2, 0.25) is 0 Å². The third kappa shape index (κ3) is 4.45. The molecule has 0 spiro atoms. The number of phenols is 1. The van der Waals surface area contributed by atoms with Crippen LogP contribution in [0.25, 0.3) is 0 Å². The molecule has 3 heteroatoms. The predicted molar refractivity (Wildman–Crippen MR) is 111 cm³/mol. The van der Waals surface area contributed by atoms with Gasteiger partial charge < -0.3 is 10.4 Å². The van der Waals surface area contributed by atoms with Crippen LogP contribution in [0.2, 0.25) is 0 Å². The summed E-state index contributed by atoms with van der Waals surface area (Å²) in [5.41, 5.74) is 4.97. The lowest BCUT2D eigenvalue weighted by molar-refractivity contribution is 0.275. The van der Waals surface area contributed by atoms with E-state index in [0.29, 0.717) is 11.7 Å². The number of hydrogen-bond acceptors (Lipinski definition) is 3. The second-order valence-electron chi connectivity index (χ2n) is 7.76. The van der Waals surface area contributed by atoms with Gasteiger partial charge in [-0.2, -0.15) is 5.26 Å². The van der Waals surface area contributed by atoms with Gasteiger partial charge in [0, 0.05) is 13.0 Å². The topological polar surface area (TPSA) is 56.0 Å². The number of anilines is 1. The Labute approximate surface area is 163 Å². The maximum Gasteiger partial charge on any atom is 0.138 e. The summed E-state index contributed by atoms with van der Waals surface area (Å²) in [7, 11) is 0. The van der Waals surface area contributed by atoms with Crippen molar-refractivity contribution in [1.29, 1.82) is 5.26 Å². The predicted octanol–water partition coefficient (Wildman–Crippen LogP) is 6.32.